The zero-order valence-electron chi connectivity index (χ0n) is 15.0. The molecule has 0 heterocycles. The summed E-state index contributed by atoms with van der Waals surface area (Å²) >= 11 is 0. The van der Waals surface area contributed by atoms with E-state index in [4.69, 9.17) is 14.6 Å². The number of carboxylic acid groups (broad SMARTS) is 1. The largest absolute Gasteiger partial charge is 0.490 e. The van der Waals surface area contributed by atoms with Crippen LogP contribution in [0.3, 0.4) is 0 Å². The van der Waals surface area contributed by atoms with Crippen molar-refractivity contribution in [3.63, 3.8) is 0 Å². The fourth-order valence-electron chi connectivity index (χ4n) is 2.46. The van der Waals surface area contributed by atoms with E-state index in [9.17, 15) is 9.59 Å². The van der Waals surface area contributed by atoms with Gasteiger partial charge in [-0.05, 0) is 38.1 Å². The Labute approximate surface area is 153 Å². The third-order valence-electron chi connectivity index (χ3n) is 3.75. The van der Waals surface area contributed by atoms with E-state index in [0.717, 1.165) is 0 Å². The Bertz CT molecular complexity index is 759. The highest BCUT2D eigenvalue weighted by molar-refractivity contribution is 5.97. The maximum absolute atomic E-state index is 12.8. The molecule has 1 amide bonds. The second kappa shape index (κ2) is 9.46. The van der Waals surface area contributed by atoms with Gasteiger partial charge >= 0.3 is 5.97 Å². The van der Waals surface area contributed by atoms with Crippen molar-refractivity contribution in [1.82, 2.24) is 4.90 Å². The predicted octanol–water partition coefficient (Wildman–Crippen LogP) is 3.81. The molecule has 0 aliphatic carbocycles. The molecule has 1 N–H and O–H groups in total. The standard InChI is InChI=1S/C20H23NO5/c1-3-21(14-13-19(22)23)20(24)15-9-5-6-10-16(15)26-18-12-8-7-11-17(18)25-4-2/h5-12H,3-4,13-14H2,1-2H3,(H,22,23). The van der Waals surface area contributed by atoms with Crippen LogP contribution in [-0.4, -0.2) is 41.6 Å². The van der Waals surface area contributed by atoms with Gasteiger partial charge in [0.1, 0.15) is 5.75 Å². The Hall–Kier alpha value is -3.02. The van der Waals surface area contributed by atoms with Crippen LogP contribution in [0.2, 0.25) is 0 Å². The number of rotatable bonds is 9. The van der Waals surface area contributed by atoms with Gasteiger partial charge in [-0.1, -0.05) is 24.3 Å². The van der Waals surface area contributed by atoms with Crippen molar-refractivity contribution < 1.29 is 24.2 Å². The molecule has 6 heteroatoms. The van der Waals surface area contributed by atoms with E-state index in [0.29, 0.717) is 36.0 Å². The van der Waals surface area contributed by atoms with Crippen molar-refractivity contribution in [3.05, 3.63) is 54.1 Å². The molecular weight excluding hydrogens is 334 g/mol. The molecule has 2 rings (SSSR count). The molecule has 0 saturated heterocycles. The highest BCUT2D eigenvalue weighted by Gasteiger charge is 2.20. The smallest absolute Gasteiger partial charge is 0.305 e. The molecule has 0 fully saturated rings. The second-order valence-corrected chi connectivity index (χ2v) is 5.51. The minimum atomic E-state index is -0.938. The quantitative estimate of drug-likeness (QED) is 0.738. The van der Waals surface area contributed by atoms with Crippen molar-refractivity contribution >= 4 is 11.9 Å². The maximum atomic E-state index is 12.8. The average molecular weight is 357 g/mol. The number of amides is 1. The molecule has 6 nitrogen and oxygen atoms in total. The van der Waals surface area contributed by atoms with Gasteiger partial charge in [0.15, 0.2) is 11.5 Å². The van der Waals surface area contributed by atoms with Gasteiger partial charge in [-0.15, -0.1) is 0 Å². The molecule has 0 aromatic heterocycles. The lowest BCUT2D eigenvalue weighted by Gasteiger charge is -2.21. The number of para-hydroxylation sites is 3. The number of hydrogen-bond donors (Lipinski definition) is 1. The minimum Gasteiger partial charge on any atom is -0.490 e. The van der Waals surface area contributed by atoms with Crippen LogP contribution in [0.25, 0.3) is 0 Å². The number of benzene rings is 2. The summed E-state index contributed by atoms with van der Waals surface area (Å²) in [6, 6.07) is 14.2. The van der Waals surface area contributed by atoms with Crippen LogP contribution in [0.5, 0.6) is 17.2 Å². The zero-order valence-corrected chi connectivity index (χ0v) is 15.0. The summed E-state index contributed by atoms with van der Waals surface area (Å²) in [6.07, 6.45) is -0.101. The predicted molar refractivity (Wildman–Crippen MR) is 98.0 cm³/mol. The van der Waals surface area contributed by atoms with Gasteiger partial charge in [-0.25, -0.2) is 0 Å². The van der Waals surface area contributed by atoms with Gasteiger partial charge in [0, 0.05) is 13.1 Å². The number of nitrogens with zero attached hydrogens (tertiary/aromatic N) is 1. The van der Waals surface area contributed by atoms with Crippen LogP contribution in [0.15, 0.2) is 48.5 Å². The van der Waals surface area contributed by atoms with E-state index < -0.39 is 5.97 Å². The molecule has 138 valence electrons. The first-order valence-electron chi connectivity index (χ1n) is 8.56. The molecule has 0 saturated carbocycles. The van der Waals surface area contributed by atoms with Crippen molar-refractivity contribution in [2.24, 2.45) is 0 Å². The third-order valence-corrected chi connectivity index (χ3v) is 3.75. The molecule has 0 aliphatic rings. The first-order chi connectivity index (χ1) is 12.6. The molecule has 2 aromatic carbocycles. The molecular formula is C20H23NO5. The fraction of sp³-hybridized carbons (Fsp3) is 0.300. The van der Waals surface area contributed by atoms with Gasteiger partial charge in [0.25, 0.3) is 5.91 Å². The minimum absolute atomic E-state index is 0.101. The fourth-order valence-corrected chi connectivity index (χ4v) is 2.46. The van der Waals surface area contributed by atoms with Gasteiger partial charge in [0.05, 0.1) is 18.6 Å². The third kappa shape index (κ3) is 4.99. The summed E-state index contributed by atoms with van der Waals surface area (Å²) in [6.45, 7) is 4.76. The number of hydrogen-bond acceptors (Lipinski definition) is 4. The SMILES string of the molecule is CCOc1ccccc1Oc1ccccc1C(=O)N(CC)CCC(=O)O. The van der Waals surface area contributed by atoms with Crippen molar-refractivity contribution in [2.45, 2.75) is 20.3 Å². The molecule has 0 atom stereocenters. The average Bonchev–Trinajstić information content (AvgIpc) is 2.64. The first kappa shape index (κ1) is 19.3. The summed E-state index contributed by atoms with van der Waals surface area (Å²) < 4.78 is 11.5. The summed E-state index contributed by atoms with van der Waals surface area (Å²) in [5.41, 5.74) is 0.381. The van der Waals surface area contributed by atoms with Crippen LogP contribution >= 0.6 is 0 Å². The Kier molecular flexibility index (Phi) is 7.02. The monoisotopic (exact) mass is 357 g/mol. The molecule has 0 bridgehead atoms. The summed E-state index contributed by atoms with van der Waals surface area (Å²) in [7, 11) is 0. The van der Waals surface area contributed by atoms with Crippen molar-refractivity contribution in [1.29, 1.82) is 0 Å². The highest BCUT2D eigenvalue weighted by atomic mass is 16.5. The lowest BCUT2D eigenvalue weighted by Crippen LogP contribution is -2.33. The first-order valence-corrected chi connectivity index (χ1v) is 8.56. The second-order valence-electron chi connectivity index (χ2n) is 5.51. The van der Waals surface area contributed by atoms with Gasteiger partial charge < -0.3 is 19.5 Å². The van der Waals surface area contributed by atoms with Crippen molar-refractivity contribution in [3.8, 4) is 17.2 Å². The van der Waals surface area contributed by atoms with Crippen LogP contribution in [0.4, 0.5) is 0 Å². The number of carbonyl (C=O) groups excluding carboxylic acids is 1. The van der Waals surface area contributed by atoms with E-state index in [1.165, 1.54) is 4.90 Å². The van der Waals surface area contributed by atoms with E-state index in [1.807, 2.05) is 26.0 Å². The van der Waals surface area contributed by atoms with Gasteiger partial charge in [0.2, 0.25) is 0 Å². The lowest BCUT2D eigenvalue weighted by atomic mass is 10.1. The van der Waals surface area contributed by atoms with Crippen molar-refractivity contribution in [2.75, 3.05) is 19.7 Å². The summed E-state index contributed by atoms with van der Waals surface area (Å²) in [5, 5.41) is 8.86. The highest BCUT2D eigenvalue weighted by Crippen LogP contribution is 2.33. The van der Waals surface area contributed by atoms with E-state index in [2.05, 4.69) is 0 Å². The topological polar surface area (TPSA) is 76.1 Å². The van der Waals surface area contributed by atoms with Crippen LogP contribution < -0.4 is 9.47 Å². The molecule has 0 radical (unpaired) electrons. The van der Waals surface area contributed by atoms with E-state index >= 15 is 0 Å². The normalized spacial score (nSPS) is 10.2. The summed E-state index contributed by atoms with van der Waals surface area (Å²) in [5.74, 6) is 0.307. The zero-order chi connectivity index (χ0) is 18.9. The van der Waals surface area contributed by atoms with Crippen LogP contribution in [-0.2, 0) is 4.79 Å². The lowest BCUT2D eigenvalue weighted by molar-refractivity contribution is -0.137. The van der Waals surface area contributed by atoms with E-state index in [1.54, 1.807) is 36.4 Å². The molecule has 0 aliphatic heterocycles. The number of aliphatic carboxylic acids is 1. The molecule has 26 heavy (non-hydrogen) atoms. The van der Waals surface area contributed by atoms with Gasteiger partial charge in [-0.2, -0.15) is 0 Å². The van der Waals surface area contributed by atoms with Gasteiger partial charge in [-0.3, -0.25) is 9.59 Å². The van der Waals surface area contributed by atoms with Crippen LogP contribution in [0.1, 0.15) is 30.6 Å². The Balaban J connectivity index is 2.27. The number of carbonyl (C=O) groups is 2. The Morgan fingerprint density at radius 2 is 1.58 bits per heavy atom. The Morgan fingerprint density at radius 3 is 2.19 bits per heavy atom. The molecule has 0 spiro atoms. The molecule has 0 unspecified atom stereocenters. The number of carboxylic acids is 1. The Morgan fingerprint density at radius 1 is 0.962 bits per heavy atom. The molecule has 2 aromatic rings. The number of ether oxygens (including phenoxy) is 2. The van der Waals surface area contributed by atoms with Crippen LogP contribution in [0, 0.1) is 0 Å². The maximum Gasteiger partial charge on any atom is 0.305 e. The van der Waals surface area contributed by atoms with E-state index in [-0.39, 0.29) is 18.9 Å². The summed E-state index contributed by atoms with van der Waals surface area (Å²) in [4.78, 5) is 25.1.